The highest BCUT2D eigenvalue weighted by Crippen LogP contribution is 2.33. The van der Waals surface area contributed by atoms with Gasteiger partial charge in [-0.05, 0) is 74.9 Å². The van der Waals surface area contributed by atoms with Crippen molar-refractivity contribution in [1.29, 1.82) is 0 Å². The zero-order chi connectivity index (χ0) is 24.7. The monoisotopic (exact) mass is 492 g/mol. The first-order valence-corrected chi connectivity index (χ1v) is 12.2. The summed E-state index contributed by atoms with van der Waals surface area (Å²) < 4.78 is 16.5. The number of H-pyrrole nitrogens is 1. The molecule has 3 heterocycles. The van der Waals surface area contributed by atoms with Crippen LogP contribution in [0, 0.1) is 19.7 Å². The molecule has 0 saturated heterocycles. The number of amides is 1. The van der Waals surface area contributed by atoms with Crippen LogP contribution >= 0.6 is 11.3 Å². The van der Waals surface area contributed by atoms with Crippen molar-refractivity contribution in [3.05, 3.63) is 73.1 Å². The van der Waals surface area contributed by atoms with E-state index in [1.165, 1.54) is 27.8 Å². The Morgan fingerprint density at radius 2 is 1.97 bits per heavy atom. The van der Waals surface area contributed by atoms with Crippen molar-refractivity contribution in [2.24, 2.45) is 7.05 Å². The Balaban J connectivity index is 1.45. The molecule has 0 bridgehead atoms. The standard InChI is InChI=1S/C25H25FN6O2S/c1-13-10-22(31-32(13)3)27-19-12-18(29-30-24(19)33)16-8-9-17(26)23(14(16)2)28-25(34)21-11-15-6-4-5-7-20(15)35-21/h8-12H,4-7H2,1-3H3,(H,28,34)(H,30,33)(H,27,29,31). The highest BCUT2D eigenvalue weighted by molar-refractivity contribution is 7.14. The second-order valence-corrected chi connectivity index (χ2v) is 9.87. The number of aryl methyl sites for hydroxylation is 4. The molecule has 35 heavy (non-hydrogen) atoms. The lowest BCUT2D eigenvalue weighted by atomic mass is 9.99. The van der Waals surface area contributed by atoms with Crippen LogP contribution in [0.25, 0.3) is 11.3 Å². The molecule has 3 aromatic heterocycles. The topological polar surface area (TPSA) is 105 Å². The molecule has 10 heteroatoms. The van der Waals surface area contributed by atoms with Crippen LogP contribution in [-0.4, -0.2) is 25.9 Å². The number of aromatic amines is 1. The molecule has 0 aliphatic heterocycles. The van der Waals surface area contributed by atoms with Gasteiger partial charge in [0, 0.05) is 29.2 Å². The summed E-state index contributed by atoms with van der Waals surface area (Å²) >= 11 is 1.48. The Bertz CT molecular complexity index is 1460. The lowest BCUT2D eigenvalue weighted by molar-refractivity contribution is 0.103. The normalized spacial score (nSPS) is 12.9. The first-order chi connectivity index (χ1) is 16.8. The van der Waals surface area contributed by atoms with E-state index in [4.69, 9.17) is 0 Å². The predicted octanol–water partition coefficient (Wildman–Crippen LogP) is 4.86. The first-order valence-electron chi connectivity index (χ1n) is 11.4. The Labute approximate surface area is 205 Å². The largest absolute Gasteiger partial charge is 0.334 e. The van der Waals surface area contributed by atoms with Gasteiger partial charge >= 0.3 is 0 Å². The van der Waals surface area contributed by atoms with Crippen LogP contribution in [0.5, 0.6) is 0 Å². The highest BCUT2D eigenvalue weighted by Gasteiger charge is 2.20. The van der Waals surface area contributed by atoms with Gasteiger partial charge in [-0.1, -0.05) is 0 Å². The van der Waals surface area contributed by atoms with Gasteiger partial charge in [0.25, 0.3) is 11.5 Å². The molecule has 180 valence electrons. The number of hydrogen-bond donors (Lipinski definition) is 3. The molecule has 8 nitrogen and oxygen atoms in total. The van der Waals surface area contributed by atoms with Gasteiger partial charge in [0.15, 0.2) is 5.82 Å². The van der Waals surface area contributed by atoms with E-state index in [9.17, 15) is 14.0 Å². The number of aromatic nitrogens is 4. The van der Waals surface area contributed by atoms with Gasteiger partial charge in [-0.3, -0.25) is 14.3 Å². The minimum Gasteiger partial charge on any atom is -0.334 e. The zero-order valence-corrected chi connectivity index (χ0v) is 20.5. The average molecular weight is 493 g/mol. The molecule has 1 aromatic carbocycles. The number of carbonyl (C=O) groups is 1. The van der Waals surface area contributed by atoms with Gasteiger partial charge in [-0.25, -0.2) is 9.49 Å². The van der Waals surface area contributed by atoms with E-state index in [-0.39, 0.29) is 17.3 Å². The molecule has 4 aromatic rings. The summed E-state index contributed by atoms with van der Waals surface area (Å²) in [6.07, 6.45) is 4.23. The summed E-state index contributed by atoms with van der Waals surface area (Å²) in [6, 6.07) is 8.20. The zero-order valence-electron chi connectivity index (χ0n) is 19.7. The number of thiophene rings is 1. The number of hydrogen-bond acceptors (Lipinski definition) is 6. The van der Waals surface area contributed by atoms with Crippen molar-refractivity contribution in [2.45, 2.75) is 39.5 Å². The fraction of sp³-hybridized carbons (Fsp3) is 0.280. The second kappa shape index (κ2) is 9.10. The molecule has 1 aliphatic rings. The molecule has 1 aliphatic carbocycles. The van der Waals surface area contributed by atoms with Crippen molar-refractivity contribution < 1.29 is 9.18 Å². The summed E-state index contributed by atoms with van der Waals surface area (Å²) in [6.45, 7) is 3.62. The van der Waals surface area contributed by atoms with Crippen molar-refractivity contribution in [1.82, 2.24) is 20.0 Å². The summed E-state index contributed by atoms with van der Waals surface area (Å²) in [7, 11) is 1.81. The van der Waals surface area contributed by atoms with E-state index in [1.807, 2.05) is 26.1 Å². The lowest BCUT2D eigenvalue weighted by Gasteiger charge is -2.13. The van der Waals surface area contributed by atoms with Crippen LogP contribution in [0.1, 0.15) is 44.2 Å². The SMILES string of the molecule is Cc1c(-c2cc(Nc3cc(C)n(C)n3)c(=O)[nH]n2)ccc(F)c1NC(=O)c1cc2c(s1)CCCC2. The number of fused-ring (bicyclic) bond motifs is 1. The molecule has 1 amide bonds. The summed E-state index contributed by atoms with van der Waals surface area (Å²) in [5, 5.41) is 16.7. The van der Waals surface area contributed by atoms with E-state index in [0.717, 1.165) is 31.4 Å². The molecule has 0 fully saturated rings. The number of nitrogens with zero attached hydrogens (tertiary/aromatic N) is 3. The Morgan fingerprint density at radius 1 is 1.17 bits per heavy atom. The molecular formula is C25H25FN6O2S. The summed E-state index contributed by atoms with van der Waals surface area (Å²) in [5.41, 5.74) is 3.62. The predicted molar refractivity (Wildman–Crippen MR) is 135 cm³/mol. The molecule has 0 spiro atoms. The average Bonchev–Trinajstić information content (AvgIpc) is 3.41. The smallest absolute Gasteiger partial charge is 0.287 e. The highest BCUT2D eigenvalue weighted by atomic mass is 32.1. The first kappa shape index (κ1) is 23.0. The van der Waals surface area contributed by atoms with Crippen molar-refractivity contribution >= 4 is 34.4 Å². The molecule has 0 saturated carbocycles. The fourth-order valence-electron chi connectivity index (χ4n) is 4.28. The third-order valence-corrected chi connectivity index (χ3v) is 7.57. The van der Waals surface area contributed by atoms with Crippen LogP contribution in [-0.2, 0) is 19.9 Å². The van der Waals surface area contributed by atoms with Gasteiger partial charge in [0.05, 0.1) is 16.3 Å². The number of anilines is 3. The Hall–Kier alpha value is -3.79. The van der Waals surface area contributed by atoms with Crippen LogP contribution in [0.15, 0.2) is 35.1 Å². The molecule has 5 rings (SSSR count). The van der Waals surface area contributed by atoms with Crippen molar-refractivity contribution in [2.75, 3.05) is 10.6 Å². The Kier molecular flexibility index (Phi) is 5.98. The van der Waals surface area contributed by atoms with Gasteiger partial charge in [0.1, 0.15) is 11.5 Å². The third kappa shape index (κ3) is 4.49. The van der Waals surface area contributed by atoms with E-state index in [1.54, 1.807) is 23.7 Å². The van der Waals surface area contributed by atoms with Crippen molar-refractivity contribution in [3.63, 3.8) is 0 Å². The number of halogens is 1. The van der Waals surface area contributed by atoms with Crippen LogP contribution in [0.2, 0.25) is 0 Å². The quantitative estimate of drug-likeness (QED) is 0.369. The minimum absolute atomic E-state index is 0.0988. The molecular weight excluding hydrogens is 467 g/mol. The van der Waals surface area contributed by atoms with Crippen molar-refractivity contribution in [3.8, 4) is 11.3 Å². The molecule has 0 radical (unpaired) electrons. The maximum atomic E-state index is 14.8. The maximum absolute atomic E-state index is 14.8. The maximum Gasteiger partial charge on any atom is 0.287 e. The number of rotatable bonds is 5. The van der Waals surface area contributed by atoms with E-state index < -0.39 is 11.4 Å². The number of carbonyl (C=O) groups excluding carboxylic acids is 1. The minimum atomic E-state index is -0.535. The van der Waals surface area contributed by atoms with E-state index >= 15 is 0 Å². The van der Waals surface area contributed by atoms with Gasteiger partial charge in [-0.2, -0.15) is 10.2 Å². The number of benzene rings is 1. The molecule has 0 unspecified atom stereocenters. The van der Waals surface area contributed by atoms with Crippen LogP contribution in [0.4, 0.5) is 21.6 Å². The molecule has 0 atom stereocenters. The second-order valence-electron chi connectivity index (χ2n) is 8.73. The van der Waals surface area contributed by atoms with Gasteiger partial charge < -0.3 is 10.6 Å². The van der Waals surface area contributed by atoms with Crippen LogP contribution in [0.3, 0.4) is 0 Å². The van der Waals surface area contributed by atoms with E-state index in [0.29, 0.717) is 27.5 Å². The summed E-state index contributed by atoms with van der Waals surface area (Å²) in [4.78, 5) is 27.2. The number of nitrogens with one attached hydrogen (secondary N) is 3. The van der Waals surface area contributed by atoms with Gasteiger partial charge in [-0.15, -0.1) is 11.3 Å². The van der Waals surface area contributed by atoms with Crippen LogP contribution < -0.4 is 16.2 Å². The summed E-state index contributed by atoms with van der Waals surface area (Å²) in [5.74, 6) is -0.339. The Morgan fingerprint density at radius 3 is 2.71 bits per heavy atom. The van der Waals surface area contributed by atoms with Gasteiger partial charge in [0.2, 0.25) is 0 Å². The fourth-order valence-corrected chi connectivity index (χ4v) is 5.43. The molecule has 3 N–H and O–H groups in total. The van der Waals surface area contributed by atoms with E-state index in [2.05, 4.69) is 25.9 Å². The lowest BCUT2D eigenvalue weighted by Crippen LogP contribution is -2.15. The third-order valence-electron chi connectivity index (χ3n) is 6.33.